The van der Waals surface area contributed by atoms with Gasteiger partial charge in [0.1, 0.15) is 6.04 Å². The van der Waals surface area contributed by atoms with Gasteiger partial charge in [0.25, 0.3) is 0 Å². The lowest BCUT2D eigenvalue weighted by Gasteiger charge is -2.23. The summed E-state index contributed by atoms with van der Waals surface area (Å²) in [5.74, 6) is 1.14. The standard InChI is InChI=1S/C23H30N4O2/c28-22(15-18-10-5-2-6-11-18)27-13-7-12-20(27)23(29)24-21-16-19(25-26-21)14-17-8-3-1-4-9-17/h2,5-6,10-11,16-17,20H,1,3-4,7-9,12-15H2,(H2,24,25,26,29). The summed E-state index contributed by atoms with van der Waals surface area (Å²) in [7, 11) is 0. The van der Waals surface area contributed by atoms with E-state index in [4.69, 9.17) is 0 Å². The second-order valence-electron chi connectivity index (χ2n) is 8.38. The maximum atomic E-state index is 12.8. The first-order valence-corrected chi connectivity index (χ1v) is 10.9. The Bertz CT molecular complexity index is 826. The molecule has 1 aliphatic heterocycles. The zero-order chi connectivity index (χ0) is 20.1. The van der Waals surface area contributed by atoms with Crippen LogP contribution in [0.5, 0.6) is 0 Å². The molecule has 0 radical (unpaired) electrons. The summed E-state index contributed by atoms with van der Waals surface area (Å²) in [4.78, 5) is 27.3. The number of hydrogen-bond donors (Lipinski definition) is 2. The summed E-state index contributed by atoms with van der Waals surface area (Å²) in [6.07, 6.45) is 9.42. The summed E-state index contributed by atoms with van der Waals surface area (Å²) in [5.41, 5.74) is 2.05. The Morgan fingerprint density at radius 2 is 1.86 bits per heavy atom. The third kappa shape index (κ3) is 5.05. The van der Waals surface area contributed by atoms with Crippen molar-refractivity contribution in [3.05, 3.63) is 47.7 Å². The fourth-order valence-corrected chi connectivity index (χ4v) is 4.65. The first-order chi connectivity index (χ1) is 14.2. The van der Waals surface area contributed by atoms with Crippen LogP contribution >= 0.6 is 0 Å². The van der Waals surface area contributed by atoms with Crippen LogP contribution in [-0.2, 0) is 22.4 Å². The molecule has 1 saturated heterocycles. The van der Waals surface area contributed by atoms with Crippen LogP contribution in [0.2, 0.25) is 0 Å². The van der Waals surface area contributed by atoms with Crippen LogP contribution < -0.4 is 5.32 Å². The van der Waals surface area contributed by atoms with Gasteiger partial charge in [-0.15, -0.1) is 0 Å². The Labute approximate surface area is 172 Å². The van der Waals surface area contributed by atoms with Gasteiger partial charge in [-0.05, 0) is 30.7 Å². The molecule has 2 aromatic rings. The van der Waals surface area contributed by atoms with Crippen LogP contribution in [0.4, 0.5) is 5.82 Å². The van der Waals surface area contributed by atoms with Gasteiger partial charge in [-0.3, -0.25) is 14.7 Å². The van der Waals surface area contributed by atoms with Crippen molar-refractivity contribution < 1.29 is 9.59 Å². The molecule has 2 amide bonds. The van der Waals surface area contributed by atoms with Crippen LogP contribution in [-0.4, -0.2) is 39.5 Å². The summed E-state index contributed by atoms with van der Waals surface area (Å²) >= 11 is 0. The van der Waals surface area contributed by atoms with Gasteiger partial charge in [0.15, 0.2) is 5.82 Å². The molecule has 0 spiro atoms. The first-order valence-electron chi connectivity index (χ1n) is 10.9. The molecular formula is C23H30N4O2. The lowest BCUT2D eigenvalue weighted by molar-refractivity contribution is -0.136. The minimum absolute atomic E-state index is 0.00821. The third-order valence-electron chi connectivity index (χ3n) is 6.19. The fourth-order valence-electron chi connectivity index (χ4n) is 4.65. The van der Waals surface area contributed by atoms with Crippen LogP contribution in [0, 0.1) is 5.92 Å². The molecule has 6 heteroatoms. The van der Waals surface area contributed by atoms with Gasteiger partial charge in [0.2, 0.25) is 11.8 Å². The van der Waals surface area contributed by atoms with E-state index in [0.29, 0.717) is 31.1 Å². The van der Waals surface area contributed by atoms with Gasteiger partial charge >= 0.3 is 0 Å². The highest BCUT2D eigenvalue weighted by Crippen LogP contribution is 2.27. The Kier molecular flexibility index (Phi) is 6.27. The number of likely N-dealkylation sites (tertiary alicyclic amines) is 1. The molecule has 2 N–H and O–H groups in total. The number of hydrogen-bond acceptors (Lipinski definition) is 3. The third-order valence-corrected chi connectivity index (χ3v) is 6.19. The number of amides is 2. The molecule has 1 saturated carbocycles. The normalized spacial score (nSPS) is 20.0. The average molecular weight is 395 g/mol. The molecule has 1 unspecified atom stereocenters. The highest BCUT2D eigenvalue weighted by molar-refractivity contribution is 5.97. The van der Waals surface area contributed by atoms with E-state index in [1.807, 2.05) is 36.4 Å². The summed E-state index contributed by atoms with van der Waals surface area (Å²) in [6, 6.07) is 11.2. The SMILES string of the molecule is O=C(Nc1cc(CC2CCCCC2)[nH]n1)C1CCCN1C(=O)Cc1ccccc1. The predicted octanol–water partition coefficient (Wildman–Crippen LogP) is 3.70. The van der Waals surface area contributed by atoms with Gasteiger partial charge in [-0.25, -0.2) is 0 Å². The van der Waals surface area contributed by atoms with Crippen molar-refractivity contribution in [1.82, 2.24) is 15.1 Å². The molecule has 2 aliphatic rings. The Morgan fingerprint density at radius 1 is 1.07 bits per heavy atom. The smallest absolute Gasteiger partial charge is 0.248 e. The van der Waals surface area contributed by atoms with Crippen molar-refractivity contribution in [3.8, 4) is 0 Å². The summed E-state index contributed by atoms with van der Waals surface area (Å²) in [5, 5.41) is 10.3. The van der Waals surface area contributed by atoms with Crippen molar-refractivity contribution in [2.24, 2.45) is 5.92 Å². The molecule has 154 valence electrons. The van der Waals surface area contributed by atoms with E-state index in [1.54, 1.807) is 4.90 Å². The molecule has 2 heterocycles. The number of H-pyrrole nitrogens is 1. The summed E-state index contributed by atoms with van der Waals surface area (Å²) < 4.78 is 0. The maximum absolute atomic E-state index is 12.8. The number of benzene rings is 1. The van der Waals surface area contributed by atoms with Gasteiger partial charge in [0.05, 0.1) is 6.42 Å². The molecule has 6 nitrogen and oxygen atoms in total. The lowest BCUT2D eigenvalue weighted by Crippen LogP contribution is -2.43. The van der Waals surface area contributed by atoms with Gasteiger partial charge in [-0.1, -0.05) is 62.4 Å². The molecule has 1 atom stereocenters. The Morgan fingerprint density at radius 3 is 2.66 bits per heavy atom. The number of nitrogens with zero attached hydrogens (tertiary/aromatic N) is 2. The van der Waals surface area contributed by atoms with E-state index in [9.17, 15) is 9.59 Å². The van der Waals surface area contributed by atoms with Crippen LogP contribution in [0.3, 0.4) is 0 Å². The van der Waals surface area contributed by atoms with E-state index in [2.05, 4.69) is 15.5 Å². The zero-order valence-corrected chi connectivity index (χ0v) is 16.9. The number of nitrogens with one attached hydrogen (secondary N) is 2. The zero-order valence-electron chi connectivity index (χ0n) is 16.9. The number of rotatable bonds is 6. The van der Waals surface area contributed by atoms with E-state index < -0.39 is 6.04 Å². The number of aromatic amines is 1. The van der Waals surface area contributed by atoms with Crippen LogP contribution in [0.15, 0.2) is 36.4 Å². The predicted molar refractivity (Wildman–Crippen MR) is 112 cm³/mol. The monoisotopic (exact) mass is 394 g/mol. The van der Waals surface area contributed by atoms with E-state index >= 15 is 0 Å². The van der Waals surface area contributed by atoms with Crippen molar-refractivity contribution >= 4 is 17.6 Å². The molecule has 29 heavy (non-hydrogen) atoms. The summed E-state index contributed by atoms with van der Waals surface area (Å²) in [6.45, 7) is 0.636. The highest BCUT2D eigenvalue weighted by atomic mass is 16.2. The van der Waals surface area contributed by atoms with Gasteiger partial charge < -0.3 is 10.2 Å². The number of aromatic nitrogens is 2. The van der Waals surface area contributed by atoms with Crippen LogP contribution in [0.1, 0.15) is 56.2 Å². The second-order valence-corrected chi connectivity index (χ2v) is 8.38. The maximum Gasteiger partial charge on any atom is 0.248 e. The molecule has 0 bridgehead atoms. The molecule has 1 aromatic heterocycles. The minimum Gasteiger partial charge on any atom is -0.330 e. The van der Waals surface area contributed by atoms with E-state index in [-0.39, 0.29) is 11.8 Å². The second kappa shape index (κ2) is 9.25. The molecular weight excluding hydrogens is 364 g/mol. The van der Waals surface area contributed by atoms with Gasteiger partial charge in [0, 0.05) is 18.3 Å². The Balaban J connectivity index is 1.33. The quantitative estimate of drug-likeness (QED) is 0.784. The van der Waals surface area contributed by atoms with Crippen molar-refractivity contribution in [2.75, 3.05) is 11.9 Å². The highest BCUT2D eigenvalue weighted by Gasteiger charge is 2.34. The number of anilines is 1. The largest absolute Gasteiger partial charge is 0.330 e. The molecule has 4 rings (SSSR count). The van der Waals surface area contributed by atoms with E-state index in [1.165, 1.54) is 32.1 Å². The van der Waals surface area contributed by atoms with Crippen molar-refractivity contribution in [2.45, 2.75) is 63.8 Å². The topological polar surface area (TPSA) is 78.1 Å². The number of carbonyl (C=O) groups is 2. The molecule has 2 fully saturated rings. The van der Waals surface area contributed by atoms with Crippen LogP contribution in [0.25, 0.3) is 0 Å². The molecule has 1 aliphatic carbocycles. The van der Waals surface area contributed by atoms with Crippen molar-refractivity contribution in [1.29, 1.82) is 0 Å². The van der Waals surface area contributed by atoms with Gasteiger partial charge in [-0.2, -0.15) is 5.10 Å². The first kappa shape index (κ1) is 19.7. The minimum atomic E-state index is -0.412. The average Bonchev–Trinajstić information content (AvgIpc) is 3.39. The molecule has 1 aromatic carbocycles. The van der Waals surface area contributed by atoms with E-state index in [0.717, 1.165) is 24.1 Å². The number of carbonyl (C=O) groups excluding carboxylic acids is 2. The fraction of sp³-hybridized carbons (Fsp3) is 0.522. The Hall–Kier alpha value is -2.63. The lowest BCUT2D eigenvalue weighted by atomic mass is 9.86. The van der Waals surface area contributed by atoms with Crippen molar-refractivity contribution in [3.63, 3.8) is 0 Å².